The lowest BCUT2D eigenvalue weighted by molar-refractivity contribution is 0.416. The highest BCUT2D eigenvalue weighted by Crippen LogP contribution is 2.31. The Morgan fingerprint density at radius 3 is 2.75 bits per heavy atom. The van der Waals surface area contributed by atoms with Gasteiger partial charge < -0.3 is 10.2 Å². The third-order valence-corrected chi connectivity index (χ3v) is 3.67. The van der Waals surface area contributed by atoms with E-state index >= 15 is 0 Å². The van der Waals surface area contributed by atoms with Crippen LogP contribution in [0.5, 0.6) is 5.75 Å². The molecule has 0 saturated carbocycles. The fraction of sp³-hybridized carbons (Fsp3) is 0.333. The molecule has 0 amide bonds. The quantitative estimate of drug-likeness (QED) is 0.661. The van der Waals surface area contributed by atoms with Crippen LogP contribution >= 0.6 is 0 Å². The number of anilines is 1. The predicted octanol–water partition coefficient (Wildman–Crippen LogP) is 2.32. The molecule has 1 aliphatic rings. The SMILES string of the molecule is COc1ccccc1-c1nc2c(c(NN)n1)CCCC2. The summed E-state index contributed by atoms with van der Waals surface area (Å²) in [5, 5.41) is 0. The molecule has 3 N–H and O–H groups in total. The number of fused-ring (bicyclic) bond motifs is 1. The summed E-state index contributed by atoms with van der Waals surface area (Å²) in [4.78, 5) is 9.27. The largest absolute Gasteiger partial charge is 0.496 e. The number of methoxy groups -OCH3 is 1. The van der Waals surface area contributed by atoms with Gasteiger partial charge in [-0.15, -0.1) is 0 Å². The smallest absolute Gasteiger partial charge is 0.165 e. The molecule has 0 bridgehead atoms. The molecule has 1 aromatic heterocycles. The summed E-state index contributed by atoms with van der Waals surface area (Å²) < 4.78 is 5.39. The van der Waals surface area contributed by atoms with E-state index in [1.165, 1.54) is 12.8 Å². The predicted molar refractivity (Wildman–Crippen MR) is 78.5 cm³/mol. The molecule has 0 spiro atoms. The number of hydrazine groups is 1. The Morgan fingerprint density at radius 2 is 1.95 bits per heavy atom. The molecule has 1 aromatic carbocycles. The van der Waals surface area contributed by atoms with Crippen molar-refractivity contribution in [3.63, 3.8) is 0 Å². The average Bonchev–Trinajstić information content (AvgIpc) is 2.53. The second-order valence-electron chi connectivity index (χ2n) is 4.87. The monoisotopic (exact) mass is 270 g/mol. The first-order valence-corrected chi connectivity index (χ1v) is 6.83. The summed E-state index contributed by atoms with van der Waals surface area (Å²) >= 11 is 0. The molecular formula is C15H18N4O. The maximum atomic E-state index is 5.62. The van der Waals surface area contributed by atoms with Crippen LogP contribution in [0.25, 0.3) is 11.4 Å². The number of para-hydroxylation sites is 1. The Morgan fingerprint density at radius 1 is 1.15 bits per heavy atom. The minimum absolute atomic E-state index is 0.663. The molecule has 0 fully saturated rings. The van der Waals surface area contributed by atoms with Gasteiger partial charge in [0.2, 0.25) is 0 Å². The molecule has 104 valence electrons. The third kappa shape index (κ3) is 2.20. The highest BCUT2D eigenvalue weighted by molar-refractivity contribution is 5.66. The Balaban J connectivity index is 2.14. The van der Waals surface area contributed by atoms with Crippen molar-refractivity contribution >= 4 is 5.82 Å². The second-order valence-corrected chi connectivity index (χ2v) is 4.87. The maximum absolute atomic E-state index is 5.62. The Bertz CT molecular complexity index is 610. The molecule has 0 saturated heterocycles. The second kappa shape index (κ2) is 5.46. The van der Waals surface area contributed by atoms with Crippen LogP contribution in [0, 0.1) is 0 Å². The fourth-order valence-electron chi connectivity index (χ4n) is 2.66. The van der Waals surface area contributed by atoms with Gasteiger partial charge in [-0.2, -0.15) is 0 Å². The van der Waals surface area contributed by atoms with Crippen molar-refractivity contribution in [2.24, 2.45) is 5.84 Å². The number of aryl methyl sites for hydroxylation is 1. The molecule has 0 radical (unpaired) electrons. The number of rotatable bonds is 3. The van der Waals surface area contributed by atoms with Gasteiger partial charge in [-0.3, -0.25) is 0 Å². The van der Waals surface area contributed by atoms with Crippen LogP contribution in [-0.4, -0.2) is 17.1 Å². The molecular weight excluding hydrogens is 252 g/mol. The Hall–Kier alpha value is -2.14. The molecule has 5 heteroatoms. The molecule has 1 heterocycles. The summed E-state index contributed by atoms with van der Waals surface area (Å²) in [7, 11) is 1.65. The summed E-state index contributed by atoms with van der Waals surface area (Å²) in [5.74, 6) is 7.78. The number of hydrogen-bond acceptors (Lipinski definition) is 5. The van der Waals surface area contributed by atoms with E-state index in [0.717, 1.165) is 41.2 Å². The number of nitrogen functional groups attached to an aromatic ring is 1. The molecule has 1 aliphatic carbocycles. The van der Waals surface area contributed by atoms with E-state index in [4.69, 9.17) is 15.6 Å². The zero-order valence-corrected chi connectivity index (χ0v) is 11.5. The van der Waals surface area contributed by atoms with E-state index in [1.807, 2.05) is 24.3 Å². The van der Waals surface area contributed by atoms with Crippen molar-refractivity contribution in [2.45, 2.75) is 25.7 Å². The van der Waals surface area contributed by atoms with Gasteiger partial charge in [-0.25, -0.2) is 15.8 Å². The van der Waals surface area contributed by atoms with Gasteiger partial charge in [-0.1, -0.05) is 12.1 Å². The van der Waals surface area contributed by atoms with Crippen LogP contribution in [0.15, 0.2) is 24.3 Å². The lowest BCUT2D eigenvalue weighted by Gasteiger charge is -2.19. The number of ether oxygens (including phenoxy) is 1. The molecule has 0 unspecified atom stereocenters. The van der Waals surface area contributed by atoms with Gasteiger partial charge in [0.1, 0.15) is 11.6 Å². The van der Waals surface area contributed by atoms with E-state index < -0.39 is 0 Å². The normalized spacial score (nSPS) is 13.7. The van der Waals surface area contributed by atoms with Crippen molar-refractivity contribution in [3.8, 4) is 17.1 Å². The van der Waals surface area contributed by atoms with E-state index in [9.17, 15) is 0 Å². The van der Waals surface area contributed by atoms with Gasteiger partial charge in [0.15, 0.2) is 5.82 Å². The zero-order valence-electron chi connectivity index (χ0n) is 11.5. The van der Waals surface area contributed by atoms with Gasteiger partial charge >= 0.3 is 0 Å². The van der Waals surface area contributed by atoms with Crippen LogP contribution in [-0.2, 0) is 12.8 Å². The number of benzene rings is 1. The van der Waals surface area contributed by atoms with Crippen LogP contribution in [0.3, 0.4) is 0 Å². The first-order chi connectivity index (χ1) is 9.83. The topological polar surface area (TPSA) is 73.1 Å². The highest BCUT2D eigenvalue weighted by Gasteiger charge is 2.19. The van der Waals surface area contributed by atoms with Crippen molar-refractivity contribution in [2.75, 3.05) is 12.5 Å². The van der Waals surface area contributed by atoms with Crippen molar-refractivity contribution in [1.29, 1.82) is 0 Å². The number of nitrogens with zero attached hydrogens (tertiary/aromatic N) is 2. The summed E-state index contributed by atoms with van der Waals surface area (Å²) in [5.41, 5.74) is 5.85. The molecule has 0 atom stereocenters. The average molecular weight is 270 g/mol. The first kappa shape index (κ1) is 12.9. The summed E-state index contributed by atoms with van der Waals surface area (Å²) in [6, 6.07) is 7.76. The Kier molecular flexibility index (Phi) is 3.52. The fourth-order valence-corrected chi connectivity index (χ4v) is 2.66. The van der Waals surface area contributed by atoms with Crippen molar-refractivity contribution < 1.29 is 4.74 Å². The third-order valence-electron chi connectivity index (χ3n) is 3.67. The molecule has 3 rings (SSSR count). The standard InChI is InChI=1S/C15H18N4O/c1-20-13-9-5-3-7-11(13)14-17-12-8-4-2-6-10(12)15(18-14)19-16/h3,5,7,9H,2,4,6,8,16H2,1H3,(H,17,18,19). The molecule has 20 heavy (non-hydrogen) atoms. The van der Waals surface area contributed by atoms with E-state index in [0.29, 0.717) is 5.82 Å². The summed E-state index contributed by atoms with van der Waals surface area (Å²) in [6.45, 7) is 0. The van der Waals surface area contributed by atoms with E-state index in [2.05, 4.69) is 10.4 Å². The van der Waals surface area contributed by atoms with Crippen LogP contribution in [0.4, 0.5) is 5.82 Å². The van der Waals surface area contributed by atoms with Gasteiger partial charge in [0.05, 0.1) is 12.7 Å². The lowest BCUT2D eigenvalue weighted by Crippen LogP contribution is -2.17. The molecule has 2 aromatic rings. The van der Waals surface area contributed by atoms with Crippen molar-refractivity contribution in [1.82, 2.24) is 9.97 Å². The van der Waals surface area contributed by atoms with E-state index in [-0.39, 0.29) is 0 Å². The maximum Gasteiger partial charge on any atom is 0.165 e. The summed E-state index contributed by atoms with van der Waals surface area (Å²) in [6.07, 6.45) is 4.30. The number of hydrogen-bond donors (Lipinski definition) is 2. The van der Waals surface area contributed by atoms with Crippen LogP contribution < -0.4 is 16.0 Å². The number of nitrogens with one attached hydrogen (secondary N) is 1. The van der Waals surface area contributed by atoms with Crippen molar-refractivity contribution in [3.05, 3.63) is 35.5 Å². The van der Waals surface area contributed by atoms with Gasteiger partial charge in [0, 0.05) is 11.3 Å². The highest BCUT2D eigenvalue weighted by atomic mass is 16.5. The van der Waals surface area contributed by atoms with Crippen LogP contribution in [0.2, 0.25) is 0 Å². The number of nitrogens with two attached hydrogens (primary N) is 1. The lowest BCUT2D eigenvalue weighted by atomic mass is 9.96. The van der Waals surface area contributed by atoms with Gasteiger partial charge in [-0.05, 0) is 37.8 Å². The Labute approximate surface area is 118 Å². The molecule has 0 aliphatic heterocycles. The molecule has 5 nitrogen and oxygen atoms in total. The van der Waals surface area contributed by atoms with Gasteiger partial charge in [0.25, 0.3) is 0 Å². The van der Waals surface area contributed by atoms with Crippen LogP contribution in [0.1, 0.15) is 24.1 Å². The number of aromatic nitrogens is 2. The zero-order chi connectivity index (χ0) is 13.9. The first-order valence-electron chi connectivity index (χ1n) is 6.83. The minimum atomic E-state index is 0.663. The van der Waals surface area contributed by atoms with E-state index in [1.54, 1.807) is 7.11 Å². The minimum Gasteiger partial charge on any atom is -0.496 e.